The lowest BCUT2D eigenvalue weighted by Crippen LogP contribution is -2.48. The molecule has 158 valence electrons. The molecule has 0 aromatic heterocycles. The third kappa shape index (κ3) is 8.42. The van der Waals surface area contributed by atoms with Crippen LogP contribution in [0, 0.1) is 0 Å². The van der Waals surface area contributed by atoms with Crippen molar-refractivity contribution in [2.24, 2.45) is 0 Å². The molecule has 0 heterocycles. The highest BCUT2D eigenvalue weighted by Crippen LogP contribution is 2.05. The second-order valence-corrected chi connectivity index (χ2v) is 6.29. The first kappa shape index (κ1) is 22.4. The molecular formula is C21H23N3O6. The number of benzene rings is 2. The minimum Gasteiger partial charge on any atom is -0.459 e. The van der Waals surface area contributed by atoms with Crippen LogP contribution >= 0.6 is 0 Å². The number of alkyl carbamates (subject to hydrolysis) is 1. The Kier molecular flexibility index (Phi) is 8.85. The van der Waals surface area contributed by atoms with Crippen molar-refractivity contribution in [1.29, 1.82) is 0 Å². The number of hydrogen-bond acceptors (Lipinski definition) is 6. The van der Waals surface area contributed by atoms with Crippen LogP contribution in [-0.4, -0.2) is 29.9 Å². The maximum Gasteiger partial charge on any atom is 0.408 e. The lowest BCUT2D eigenvalue weighted by atomic mass is 10.2. The van der Waals surface area contributed by atoms with Gasteiger partial charge < -0.3 is 14.8 Å². The summed E-state index contributed by atoms with van der Waals surface area (Å²) < 4.78 is 10.3. The second-order valence-electron chi connectivity index (χ2n) is 6.29. The molecule has 2 aromatic rings. The Bertz CT molecular complexity index is 858. The zero-order valence-corrected chi connectivity index (χ0v) is 16.4. The minimum atomic E-state index is -1.30. The van der Waals surface area contributed by atoms with E-state index in [9.17, 15) is 19.2 Å². The molecule has 30 heavy (non-hydrogen) atoms. The average Bonchev–Trinajstić information content (AvgIpc) is 2.75. The van der Waals surface area contributed by atoms with Gasteiger partial charge in [-0.15, -0.1) is 0 Å². The molecule has 0 radical (unpaired) electrons. The Balaban J connectivity index is 1.94. The van der Waals surface area contributed by atoms with Gasteiger partial charge in [0.1, 0.15) is 19.3 Å². The lowest BCUT2D eigenvalue weighted by molar-refractivity contribution is -0.149. The van der Waals surface area contributed by atoms with Crippen LogP contribution in [0.15, 0.2) is 60.7 Å². The predicted octanol–water partition coefficient (Wildman–Crippen LogP) is 1.58. The van der Waals surface area contributed by atoms with E-state index in [0.29, 0.717) is 0 Å². The maximum absolute atomic E-state index is 12.4. The van der Waals surface area contributed by atoms with Crippen molar-refractivity contribution >= 4 is 23.9 Å². The molecule has 2 aromatic carbocycles. The van der Waals surface area contributed by atoms with Crippen LogP contribution in [0.1, 0.15) is 24.5 Å². The van der Waals surface area contributed by atoms with Crippen LogP contribution in [-0.2, 0) is 37.1 Å². The van der Waals surface area contributed by atoms with Crippen LogP contribution in [0.5, 0.6) is 0 Å². The molecule has 3 amide bonds. The number of carbonyl (C=O) groups excluding carboxylic acids is 4. The van der Waals surface area contributed by atoms with Crippen LogP contribution < -0.4 is 16.2 Å². The molecule has 2 rings (SSSR count). The summed E-state index contributed by atoms with van der Waals surface area (Å²) in [7, 11) is 0. The monoisotopic (exact) mass is 413 g/mol. The molecular weight excluding hydrogens is 390 g/mol. The molecule has 0 aliphatic heterocycles. The topological polar surface area (TPSA) is 123 Å². The second kappa shape index (κ2) is 11.8. The molecule has 0 saturated carbocycles. The Hall–Kier alpha value is -3.88. The maximum atomic E-state index is 12.4. The van der Waals surface area contributed by atoms with Crippen LogP contribution in [0.25, 0.3) is 0 Å². The van der Waals surface area contributed by atoms with Crippen molar-refractivity contribution in [3.8, 4) is 0 Å². The smallest absolute Gasteiger partial charge is 0.408 e. The number of ether oxygens (including phenoxy) is 2. The molecule has 0 aliphatic carbocycles. The van der Waals surface area contributed by atoms with Crippen molar-refractivity contribution in [3.63, 3.8) is 0 Å². The number of nitrogens with one attached hydrogen (secondary N) is 3. The number of amides is 3. The van der Waals surface area contributed by atoms with E-state index in [-0.39, 0.29) is 13.2 Å². The van der Waals surface area contributed by atoms with E-state index in [1.54, 1.807) is 48.5 Å². The molecule has 0 fully saturated rings. The van der Waals surface area contributed by atoms with Gasteiger partial charge in [0.25, 0.3) is 0 Å². The van der Waals surface area contributed by atoms with E-state index in [2.05, 4.69) is 16.2 Å². The summed E-state index contributed by atoms with van der Waals surface area (Å²) in [6.07, 6.45) is -1.33. The molecule has 0 bridgehead atoms. The van der Waals surface area contributed by atoms with E-state index in [1.165, 1.54) is 6.92 Å². The Labute approximate surface area is 173 Å². The molecule has 1 atom stereocenters. The van der Waals surface area contributed by atoms with Crippen LogP contribution in [0.2, 0.25) is 0 Å². The fraction of sp³-hybridized carbons (Fsp3) is 0.238. The number of hydrogen-bond donors (Lipinski definition) is 3. The molecule has 0 aliphatic rings. The van der Waals surface area contributed by atoms with E-state index >= 15 is 0 Å². The van der Waals surface area contributed by atoms with Gasteiger partial charge >= 0.3 is 12.1 Å². The highest BCUT2D eigenvalue weighted by molar-refractivity contribution is 5.88. The third-order valence-corrected chi connectivity index (χ3v) is 3.78. The third-order valence-electron chi connectivity index (χ3n) is 3.78. The van der Waals surface area contributed by atoms with Gasteiger partial charge in [-0.2, -0.15) is 0 Å². The van der Waals surface area contributed by atoms with Gasteiger partial charge in [-0.1, -0.05) is 60.7 Å². The quantitative estimate of drug-likeness (QED) is 0.446. The average molecular weight is 413 g/mol. The first-order valence-electron chi connectivity index (χ1n) is 9.17. The predicted molar refractivity (Wildman–Crippen MR) is 106 cm³/mol. The zero-order valence-electron chi connectivity index (χ0n) is 16.4. The Morgan fingerprint density at radius 3 is 1.87 bits per heavy atom. The summed E-state index contributed by atoms with van der Waals surface area (Å²) in [6, 6.07) is 16.6. The number of hydrazine groups is 1. The fourth-order valence-corrected chi connectivity index (χ4v) is 2.32. The van der Waals surface area contributed by atoms with Gasteiger partial charge in [0, 0.05) is 6.92 Å². The largest absolute Gasteiger partial charge is 0.459 e. The lowest BCUT2D eigenvalue weighted by Gasteiger charge is -2.17. The summed E-state index contributed by atoms with van der Waals surface area (Å²) >= 11 is 0. The molecule has 0 saturated heterocycles. The number of carbonyl (C=O) groups is 4. The summed E-state index contributed by atoms with van der Waals surface area (Å²) in [6.45, 7) is 1.19. The summed E-state index contributed by atoms with van der Waals surface area (Å²) in [5.41, 5.74) is 5.76. The fourth-order valence-electron chi connectivity index (χ4n) is 2.32. The van der Waals surface area contributed by atoms with Gasteiger partial charge in [0.05, 0.1) is 6.42 Å². The number of esters is 1. The SMILES string of the molecule is CC(=O)NNC(=O)CC(NC(=O)OCc1ccccc1)C(=O)OCc1ccccc1. The van der Waals surface area contributed by atoms with E-state index in [4.69, 9.17) is 9.47 Å². The van der Waals surface area contributed by atoms with Crippen molar-refractivity contribution < 1.29 is 28.7 Å². The highest BCUT2D eigenvalue weighted by Gasteiger charge is 2.26. The summed E-state index contributed by atoms with van der Waals surface area (Å²) in [4.78, 5) is 47.4. The summed E-state index contributed by atoms with van der Waals surface area (Å²) in [5.74, 6) is -1.98. The van der Waals surface area contributed by atoms with Crippen molar-refractivity contribution in [1.82, 2.24) is 16.2 Å². The Morgan fingerprint density at radius 2 is 1.33 bits per heavy atom. The van der Waals surface area contributed by atoms with Gasteiger partial charge in [-0.3, -0.25) is 20.4 Å². The van der Waals surface area contributed by atoms with Gasteiger partial charge in [-0.05, 0) is 11.1 Å². The van der Waals surface area contributed by atoms with Crippen molar-refractivity contribution in [3.05, 3.63) is 71.8 Å². The zero-order chi connectivity index (χ0) is 21.8. The normalized spacial score (nSPS) is 11.0. The van der Waals surface area contributed by atoms with Crippen molar-refractivity contribution in [2.75, 3.05) is 0 Å². The van der Waals surface area contributed by atoms with Crippen molar-refractivity contribution in [2.45, 2.75) is 32.6 Å². The minimum absolute atomic E-state index is 0.00343. The van der Waals surface area contributed by atoms with E-state index in [0.717, 1.165) is 11.1 Å². The van der Waals surface area contributed by atoms with Gasteiger partial charge in [0.2, 0.25) is 11.8 Å². The summed E-state index contributed by atoms with van der Waals surface area (Å²) in [5, 5.41) is 2.33. The van der Waals surface area contributed by atoms with E-state index in [1.807, 2.05) is 12.1 Å². The molecule has 1 unspecified atom stereocenters. The molecule has 0 spiro atoms. The molecule has 3 N–H and O–H groups in total. The standard InChI is InChI=1S/C21H23N3O6/c1-15(25)23-24-19(26)12-18(20(27)29-13-16-8-4-2-5-9-16)22-21(28)30-14-17-10-6-3-7-11-17/h2-11,18H,12-14H2,1H3,(H,22,28)(H,23,25)(H,24,26). The van der Waals surface area contributed by atoms with Crippen LogP contribution in [0.3, 0.4) is 0 Å². The highest BCUT2D eigenvalue weighted by atomic mass is 16.6. The molecule has 9 nitrogen and oxygen atoms in total. The molecule has 9 heteroatoms. The van der Waals surface area contributed by atoms with Crippen LogP contribution in [0.4, 0.5) is 4.79 Å². The first-order chi connectivity index (χ1) is 14.4. The van der Waals surface area contributed by atoms with E-state index < -0.39 is 36.3 Å². The van der Waals surface area contributed by atoms with Gasteiger partial charge in [-0.25, -0.2) is 9.59 Å². The number of rotatable bonds is 8. The van der Waals surface area contributed by atoms with Gasteiger partial charge in [0.15, 0.2) is 0 Å². The first-order valence-corrected chi connectivity index (χ1v) is 9.17. The Morgan fingerprint density at radius 1 is 0.800 bits per heavy atom.